The Hall–Kier alpha value is 0.447. The molecule has 0 saturated carbocycles. The molecular weight excluding hydrogens is 204 g/mol. The quantitative estimate of drug-likeness (QED) is 0.566. The van der Waals surface area contributed by atoms with Gasteiger partial charge in [-0.3, -0.25) is 0 Å². The van der Waals surface area contributed by atoms with Crippen molar-refractivity contribution in [3.63, 3.8) is 0 Å². The zero-order valence-electron chi connectivity index (χ0n) is 8.23. The first-order chi connectivity index (χ1) is 6.25. The molecule has 1 fully saturated rings. The second kappa shape index (κ2) is 6.03. The molecule has 1 saturated heterocycles. The van der Waals surface area contributed by atoms with Crippen molar-refractivity contribution in [1.29, 1.82) is 0 Å². The van der Waals surface area contributed by atoms with Crippen LogP contribution in [-0.4, -0.2) is 40.1 Å². The lowest BCUT2D eigenvalue weighted by atomic mass is 10.5. The zero-order valence-corrected chi connectivity index (χ0v) is 10.3. The molecule has 2 unspecified atom stereocenters. The van der Waals surface area contributed by atoms with E-state index in [2.05, 4.69) is 12.6 Å². The highest BCUT2D eigenvalue weighted by Crippen LogP contribution is 2.15. The summed E-state index contributed by atoms with van der Waals surface area (Å²) in [5.74, 6) is 0. The van der Waals surface area contributed by atoms with Gasteiger partial charge in [-0.05, 0) is 20.3 Å². The van der Waals surface area contributed by atoms with Gasteiger partial charge in [0.2, 0.25) is 0 Å². The summed E-state index contributed by atoms with van der Waals surface area (Å²) in [5.41, 5.74) is 0. The van der Waals surface area contributed by atoms with Gasteiger partial charge in [0, 0.05) is 19.8 Å². The monoisotopic (exact) mass is 222 g/mol. The van der Waals surface area contributed by atoms with Crippen LogP contribution < -0.4 is 0 Å². The van der Waals surface area contributed by atoms with Crippen LogP contribution in [0.1, 0.15) is 20.3 Å². The Balaban J connectivity index is 2.31. The van der Waals surface area contributed by atoms with Crippen molar-refractivity contribution in [1.82, 2.24) is 0 Å². The zero-order chi connectivity index (χ0) is 9.68. The van der Waals surface area contributed by atoms with Gasteiger partial charge in [-0.1, -0.05) is 0 Å². The van der Waals surface area contributed by atoms with Crippen LogP contribution in [0.2, 0.25) is 0 Å². The van der Waals surface area contributed by atoms with Crippen LogP contribution in [0.15, 0.2) is 0 Å². The van der Waals surface area contributed by atoms with Crippen LogP contribution in [0.5, 0.6) is 0 Å². The number of rotatable bonds is 4. The molecule has 1 aliphatic heterocycles. The lowest BCUT2D eigenvalue weighted by Gasteiger charge is -2.29. The summed E-state index contributed by atoms with van der Waals surface area (Å²) in [6, 6.07) is 0. The number of hydrogen-bond acceptors (Lipinski definition) is 4. The molecule has 1 aliphatic rings. The van der Waals surface area contributed by atoms with Gasteiger partial charge >= 0.3 is 9.28 Å². The normalized spacial score (nSPS) is 24.2. The second-order valence-electron chi connectivity index (χ2n) is 3.11. The van der Waals surface area contributed by atoms with Crippen molar-refractivity contribution in [2.45, 2.75) is 31.2 Å². The molecule has 1 rings (SSSR count). The fourth-order valence-electron chi connectivity index (χ4n) is 1.29. The van der Waals surface area contributed by atoms with Gasteiger partial charge < -0.3 is 13.6 Å². The molecule has 0 radical (unpaired) electrons. The molecular formula is C8H18O3SSi. The number of ether oxygens (including phenoxy) is 1. The first kappa shape index (κ1) is 11.5. The summed E-state index contributed by atoms with van der Waals surface area (Å²) in [5, 5.41) is 0. The highest BCUT2D eigenvalue weighted by molar-refractivity contribution is 7.82. The average molecular weight is 222 g/mol. The van der Waals surface area contributed by atoms with Crippen molar-refractivity contribution in [3.05, 3.63) is 0 Å². The highest BCUT2D eigenvalue weighted by Gasteiger charge is 2.30. The molecule has 5 heteroatoms. The van der Waals surface area contributed by atoms with Crippen LogP contribution in [0.4, 0.5) is 0 Å². The summed E-state index contributed by atoms with van der Waals surface area (Å²) in [7, 11) is -1.57. The average Bonchev–Trinajstić information content (AvgIpc) is 2.18. The Morgan fingerprint density at radius 2 is 2.08 bits per heavy atom. The third-order valence-electron chi connectivity index (χ3n) is 2.04. The van der Waals surface area contributed by atoms with Gasteiger partial charge in [0.05, 0.1) is 11.0 Å². The topological polar surface area (TPSA) is 27.7 Å². The van der Waals surface area contributed by atoms with Crippen molar-refractivity contribution in [2.24, 2.45) is 0 Å². The second-order valence-corrected chi connectivity index (χ2v) is 6.39. The molecule has 78 valence electrons. The maximum absolute atomic E-state index is 5.57. The van der Waals surface area contributed by atoms with E-state index in [0.717, 1.165) is 26.2 Å². The number of hydrogen-bond donors (Lipinski definition) is 1. The minimum atomic E-state index is -1.57. The number of thiol groups is 1. The van der Waals surface area contributed by atoms with Gasteiger partial charge in [-0.25, -0.2) is 0 Å². The molecule has 13 heavy (non-hydrogen) atoms. The van der Waals surface area contributed by atoms with Crippen LogP contribution >= 0.6 is 12.6 Å². The molecule has 0 aromatic rings. The lowest BCUT2D eigenvalue weighted by Crippen LogP contribution is -2.44. The van der Waals surface area contributed by atoms with Gasteiger partial charge in [0.1, 0.15) is 0 Å². The summed E-state index contributed by atoms with van der Waals surface area (Å²) in [6.07, 6.45) is 1.13. The molecule has 2 atom stereocenters. The lowest BCUT2D eigenvalue weighted by molar-refractivity contribution is 0.0672. The molecule has 0 aromatic carbocycles. The predicted octanol–water partition coefficient (Wildman–Crippen LogP) is 0.906. The Morgan fingerprint density at radius 1 is 1.46 bits per heavy atom. The van der Waals surface area contributed by atoms with E-state index < -0.39 is 9.28 Å². The van der Waals surface area contributed by atoms with Crippen LogP contribution in [-0.2, 0) is 13.6 Å². The Labute approximate surface area is 87.0 Å². The summed E-state index contributed by atoms with van der Waals surface area (Å²) < 4.78 is 16.6. The first-order valence-electron chi connectivity index (χ1n) is 4.78. The maximum Gasteiger partial charge on any atom is 0.337 e. The molecule has 1 heterocycles. The smallest absolute Gasteiger partial charge is 0.337 e. The van der Waals surface area contributed by atoms with E-state index in [0.29, 0.717) is 0 Å². The van der Waals surface area contributed by atoms with Crippen molar-refractivity contribution >= 4 is 21.9 Å². The third-order valence-corrected chi connectivity index (χ3v) is 5.42. The van der Waals surface area contributed by atoms with Gasteiger partial charge in [0.15, 0.2) is 0 Å². The van der Waals surface area contributed by atoms with Crippen LogP contribution in [0.3, 0.4) is 0 Å². The van der Waals surface area contributed by atoms with Gasteiger partial charge in [-0.2, -0.15) is 12.6 Å². The summed E-state index contributed by atoms with van der Waals surface area (Å²) in [6.45, 7) is 6.38. The Morgan fingerprint density at radius 3 is 2.62 bits per heavy atom. The van der Waals surface area contributed by atoms with Crippen molar-refractivity contribution in [3.8, 4) is 0 Å². The Kier molecular flexibility index (Phi) is 5.34. The van der Waals surface area contributed by atoms with E-state index in [1.165, 1.54) is 0 Å². The molecule has 0 aliphatic carbocycles. The minimum Gasteiger partial charge on any atom is -0.396 e. The fraction of sp³-hybridized carbons (Fsp3) is 1.00. The van der Waals surface area contributed by atoms with Gasteiger partial charge in [-0.15, -0.1) is 0 Å². The first-order valence-corrected chi connectivity index (χ1v) is 6.91. The predicted molar refractivity (Wildman–Crippen MR) is 57.5 cm³/mol. The molecule has 0 amide bonds. The van der Waals surface area contributed by atoms with Gasteiger partial charge in [0.25, 0.3) is 0 Å². The molecule has 0 N–H and O–H groups in total. The largest absolute Gasteiger partial charge is 0.396 e. The maximum atomic E-state index is 5.57. The van der Waals surface area contributed by atoms with E-state index in [4.69, 9.17) is 13.6 Å². The van der Waals surface area contributed by atoms with E-state index in [1.807, 2.05) is 13.8 Å². The van der Waals surface area contributed by atoms with E-state index in [9.17, 15) is 0 Å². The SMILES string of the molecule is CCOC(C)C(S)[SiH]1OCCCO1. The standard InChI is InChI=1S/C8H18O3SSi/c1-3-9-7(2)8(12)13-10-5-4-6-11-13/h7-8,12-13H,3-6H2,1-2H3. The Bertz CT molecular complexity index is 141. The molecule has 0 bridgehead atoms. The van der Waals surface area contributed by atoms with E-state index in [1.54, 1.807) is 0 Å². The van der Waals surface area contributed by atoms with Crippen molar-refractivity contribution in [2.75, 3.05) is 19.8 Å². The molecule has 3 nitrogen and oxygen atoms in total. The molecule has 0 spiro atoms. The van der Waals surface area contributed by atoms with Crippen molar-refractivity contribution < 1.29 is 13.6 Å². The summed E-state index contributed by atoms with van der Waals surface area (Å²) in [4.78, 5) is 0.139. The highest BCUT2D eigenvalue weighted by atomic mass is 32.1. The summed E-state index contributed by atoms with van der Waals surface area (Å²) >= 11 is 4.49. The molecule has 0 aromatic heterocycles. The van der Waals surface area contributed by atoms with E-state index in [-0.39, 0.29) is 11.0 Å². The van der Waals surface area contributed by atoms with Crippen LogP contribution in [0.25, 0.3) is 0 Å². The third kappa shape index (κ3) is 3.59. The van der Waals surface area contributed by atoms with Crippen LogP contribution in [0, 0.1) is 0 Å². The van der Waals surface area contributed by atoms with E-state index >= 15 is 0 Å². The minimum absolute atomic E-state index is 0.128. The fourth-order valence-corrected chi connectivity index (χ4v) is 3.73.